The molecule has 2 amide bonds. The van der Waals surface area contributed by atoms with Gasteiger partial charge in [-0.05, 0) is 62.6 Å². The molecule has 2 aliphatic rings. The van der Waals surface area contributed by atoms with E-state index >= 15 is 0 Å². The molecule has 9 heteroatoms. The molecule has 1 N–H and O–H groups in total. The number of hydrogen-bond acceptors (Lipinski definition) is 5. The SMILES string of the molecule is COC(=O)N1CCc2ccc3c(nc(C4CCC(C(=O)N[S+](C)[O-])CC4)n3[C@@H](C)Cc3ccccc3)c2C1. The number of rotatable bonds is 6. The lowest BCUT2D eigenvalue weighted by molar-refractivity contribution is -0.124. The van der Waals surface area contributed by atoms with Crippen LogP contribution in [0.3, 0.4) is 0 Å². The first-order valence-electron chi connectivity index (χ1n) is 13.4. The molecule has 5 rings (SSSR count). The summed E-state index contributed by atoms with van der Waals surface area (Å²) in [7, 11) is 1.42. The van der Waals surface area contributed by atoms with Crippen LogP contribution in [0, 0.1) is 5.92 Å². The third-order valence-corrected chi connectivity index (χ3v) is 8.53. The fourth-order valence-electron chi connectivity index (χ4n) is 6.13. The van der Waals surface area contributed by atoms with Crippen LogP contribution in [-0.2, 0) is 40.3 Å². The van der Waals surface area contributed by atoms with Gasteiger partial charge in [0.1, 0.15) is 12.1 Å². The Bertz CT molecular complexity index is 1300. The summed E-state index contributed by atoms with van der Waals surface area (Å²) in [5.41, 5.74) is 5.67. The van der Waals surface area contributed by atoms with E-state index in [0.717, 1.165) is 60.9 Å². The van der Waals surface area contributed by atoms with Gasteiger partial charge in [-0.25, -0.2) is 9.78 Å². The number of methoxy groups -OCH3 is 1. The van der Waals surface area contributed by atoms with Gasteiger partial charge in [0.15, 0.2) is 0 Å². The van der Waals surface area contributed by atoms with E-state index in [0.29, 0.717) is 13.1 Å². The summed E-state index contributed by atoms with van der Waals surface area (Å²) in [5, 5.41) is 0. The molecule has 1 fully saturated rings. The number of carbonyl (C=O) groups is 2. The molecule has 202 valence electrons. The van der Waals surface area contributed by atoms with Gasteiger partial charge < -0.3 is 18.8 Å². The molecule has 1 unspecified atom stereocenters. The van der Waals surface area contributed by atoms with Gasteiger partial charge >= 0.3 is 6.09 Å². The third kappa shape index (κ3) is 5.40. The van der Waals surface area contributed by atoms with Crippen LogP contribution in [0.1, 0.15) is 67.1 Å². The highest BCUT2D eigenvalue weighted by Gasteiger charge is 2.33. The molecular weight excluding hydrogens is 500 g/mol. The normalized spacial score (nSPS) is 21.0. The zero-order valence-electron chi connectivity index (χ0n) is 22.3. The summed E-state index contributed by atoms with van der Waals surface area (Å²) >= 11 is -1.34. The van der Waals surface area contributed by atoms with Gasteiger partial charge in [-0.2, -0.15) is 4.72 Å². The third-order valence-electron chi connectivity index (χ3n) is 8.05. The molecule has 1 aromatic heterocycles. The number of aromatic nitrogens is 2. The number of ether oxygens (including phenoxy) is 1. The molecule has 1 aliphatic heterocycles. The van der Waals surface area contributed by atoms with E-state index in [9.17, 15) is 14.1 Å². The average Bonchev–Trinajstić information content (AvgIpc) is 3.33. The maximum atomic E-state index is 12.5. The molecule has 3 aromatic rings. The minimum atomic E-state index is -1.34. The second-order valence-corrected chi connectivity index (χ2v) is 11.7. The van der Waals surface area contributed by atoms with Crippen molar-refractivity contribution in [1.82, 2.24) is 19.2 Å². The van der Waals surface area contributed by atoms with Gasteiger partial charge in [0.05, 0.1) is 36.0 Å². The highest BCUT2D eigenvalue weighted by atomic mass is 32.2. The highest BCUT2D eigenvalue weighted by molar-refractivity contribution is 7.89. The molecular formula is C29H36N4O4S. The summed E-state index contributed by atoms with van der Waals surface area (Å²) in [6.45, 7) is 3.37. The Labute approximate surface area is 227 Å². The van der Waals surface area contributed by atoms with Crippen LogP contribution >= 0.6 is 0 Å². The zero-order chi connectivity index (χ0) is 26.8. The van der Waals surface area contributed by atoms with Gasteiger partial charge in [-0.15, -0.1) is 0 Å². The Morgan fingerprint density at radius 3 is 2.58 bits per heavy atom. The average molecular weight is 537 g/mol. The molecule has 2 heterocycles. The fourth-order valence-corrected chi connectivity index (χ4v) is 6.58. The van der Waals surface area contributed by atoms with Crippen LogP contribution in [-0.4, -0.2) is 50.9 Å². The molecule has 1 saturated carbocycles. The quantitative estimate of drug-likeness (QED) is 0.463. The topological polar surface area (TPSA) is 99.5 Å². The summed E-state index contributed by atoms with van der Waals surface area (Å²) in [6, 6.07) is 15.1. The number of nitrogens with zero attached hydrogens (tertiary/aromatic N) is 3. The van der Waals surface area contributed by atoms with Crippen molar-refractivity contribution in [1.29, 1.82) is 0 Å². The van der Waals surface area contributed by atoms with E-state index in [1.165, 1.54) is 24.5 Å². The van der Waals surface area contributed by atoms with Crippen molar-refractivity contribution in [2.45, 2.75) is 64.0 Å². The van der Waals surface area contributed by atoms with Crippen LogP contribution in [0.25, 0.3) is 11.0 Å². The molecule has 1 aliphatic carbocycles. The van der Waals surface area contributed by atoms with Crippen molar-refractivity contribution in [3.63, 3.8) is 0 Å². The second kappa shape index (κ2) is 11.4. The second-order valence-electron chi connectivity index (χ2n) is 10.6. The lowest BCUT2D eigenvalue weighted by Gasteiger charge is -2.29. The Kier molecular flexibility index (Phi) is 7.95. The standard InChI is InChI=1S/C29H36N4O4S/c1-19(17-20-7-5-4-6-8-20)33-25-14-13-21-15-16-32(29(35)37-2)18-24(21)26(25)30-27(33)22-9-11-23(12-10-22)28(34)31-38(3)36/h4-8,13-14,19,22-23H,9-12,15-18H2,1-3H3,(H,31,34)/t19-,22?,23?,38?/m0/s1. The van der Waals surface area contributed by atoms with Gasteiger partial charge in [-0.1, -0.05) is 36.4 Å². The molecule has 0 radical (unpaired) electrons. The summed E-state index contributed by atoms with van der Waals surface area (Å²) in [6.07, 6.45) is 6.04. The molecule has 2 atom stereocenters. The number of nitrogens with one attached hydrogen (secondary N) is 1. The summed E-state index contributed by atoms with van der Waals surface area (Å²) in [5.74, 6) is 1.06. The first-order valence-corrected chi connectivity index (χ1v) is 14.9. The molecule has 0 bridgehead atoms. The van der Waals surface area contributed by atoms with Crippen LogP contribution < -0.4 is 4.72 Å². The van der Waals surface area contributed by atoms with Gasteiger partial charge in [0.2, 0.25) is 0 Å². The van der Waals surface area contributed by atoms with Crippen molar-refractivity contribution < 1.29 is 18.9 Å². The fraction of sp³-hybridized carbons (Fsp3) is 0.483. The van der Waals surface area contributed by atoms with Crippen molar-refractivity contribution in [2.75, 3.05) is 19.9 Å². The molecule has 8 nitrogen and oxygen atoms in total. The smallest absolute Gasteiger partial charge is 0.409 e. The Morgan fingerprint density at radius 1 is 1.16 bits per heavy atom. The van der Waals surface area contributed by atoms with E-state index in [1.807, 2.05) is 6.07 Å². The zero-order valence-corrected chi connectivity index (χ0v) is 23.1. The van der Waals surface area contributed by atoms with Crippen molar-refractivity contribution in [3.05, 3.63) is 65.0 Å². The van der Waals surface area contributed by atoms with Crippen LogP contribution in [0.5, 0.6) is 0 Å². The van der Waals surface area contributed by atoms with E-state index in [1.54, 1.807) is 4.90 Å². The van der Waals surface area contributed by atoms with Crippen LogP contribution in [0.4, 0.5) is 4.79 Å². The first-order chi connectivity index (χ1) is 18.4. The number of fused-ring (bicyclic) bond motifs is 3. The largest absolute Gasteiger partial charge is 0.593 e. The Balaban J connectivity index is 1.50. The molecule has 38 heavy (non-hydrogen) atoms. The highest BCUT2D eigenvalue weighted by Crippen LogP contribution is 2.40. The van der Waals surface area contributed by atoms with E-state index in [-0.39, 0.29) is 29.9 Å². The van der Waals surface area contributed by atoms with Crippen LogP contribution in [0.2, 0.25) is 0 Å². The monoisotopic (exact) mass is 536 g/mol. The minimum Gasteiger partial charge on any atom is -0.593 e. The number of carbonyl (C=O) groups excluding carboxylic acids is 2. The Morgan fingerprint density at radius 2 is 1.89 bits per heavy atom. The summed E-state index contributed by atoms with van der Waals surface area (Å²) in [4.78, 5) is 31.8. The minimum absolute atomic E-state index is 0.115. The number of amides is 2. The maximum Gasteiger partial charge on any atom is 0.409 e. The predicted molar refractivity (Wildman–Crippen MR) is 148 cm³/mol. The number of hydrogen-bond donors (Lipinski definition) is 1. The van der Waals surface area contributed by atoms with Gasteiger partial charge in [-0.3, -0.25) is 4.79 Å². The molecule has 2 aromatic carbocycles. The lowest BCUT2D eigenvalue weighted by Crippen LogP contribution is -2.36. The van der Waals surface area contributed by atoms with Gasteiger partial charge in [0.25, 0.3) is 5.91 Å². The van der Waals surface area contributed by atoms with Crippen molar-refractivity contribution >= 4 is 34.4 Å². The number of benzene rings is 2. The maximum absolute atomic E-state index is 12.5. The first kappa shape index (κ1) is 26.6. The van der Waals surface area contributed by atoms with Crippen LogP contribution in [0.15, 0.2) is 42.5 Å². The van der Waals surface area contributed by atoms with Gasteiger partial charge in [0, 0.05) is 30.0 Å². The lowest BCUT2D eigenvalue weighted by atomic mass is 9.81. The Hall–Kier alpha value is -3.04. The van der Waals surface area contributed by atoms with E-state index < -0.39 is 11.4 Å². The molecule has 0 spiro atoms. The van der Waals surface area contributed by atoms with E-state index in [2.05, 4.69) is 52.6 Å². The van der Waals surface area contributed by atoms with Crippen molar-refractivity contribution in [3.8, 4) is 0 Å². The number of imidazole rings is 1. The van der Waals surface area contributed by atoms with Crippen molar-refractivity contribution in [2.24, 2.45) is 5.92 Å². The summed E-state index contributed by atoms with van der Waals surface area (Å²) < 4.78 is 21.5. The predicted octanol–water partition coefficient (Wildman–Crippen LogP) is 4.65. The van der Waals surface area contributed by atoms with E-state index in [4.69, 9.17) is 9.72 Å². The molecule has 0 saturated heterocycles.